The Morgan fingerprint density at radius 1 is 1.14 bits per heavy atom. The monoisotopic (exact) mass is 812 g/mol. The van der Waals surface area contributed by atoms with Crippen LogP contribution in [0.5, 0.6) is 6.01 Å². The van der Waals surface area contributed by atoms with Gasteiger partial charge in [-0.1, -0.05) is 31.1 Å². The molecule has 0 unspecified atom stereocenters. The molecule has 3 N–H and O–H groups in total. The molecule has 2 aliphatic heterocycles. The number of rotatable bonds is 8. The summed E-state index contributed by atoms with van der Waals surface area (Å²) in [4.78, 5) is 66.6. The summed E-state index contributed by atoms with van der Waals surface area (Å²) < 4.78 is 42.6. The number of hydrogen-bond acceptors (Lipinski definition) is 11. The molecule has 0 bridgehead atoms. The number of amides is 4. The Labute approximate surface area is 331 Å². The fourth-order valence-electron chi connectivity index (χ4n) is 7.27. The Morgan fingerprint density at radius 2 is 1.91 bits per heavy atom. The van der Waals surface area contributed by atoms with E-state index < -0.39 is 69.3 Å². The second-order valence-corrected chi connectivity index (χ2v) is 18.9. The van der Waals surface area contributed by atoms with Gasteiger partial charge in [0.05, 0.1) is 12.1 Å². The number of ether oxygens (including phenoxy) is 2. The maximum atomic E-state index is 14.6. The predicted molar refractivity (Wildman–Crippen MR) is 211 cm³/mol. The van der Waals surface area contributed by atoms with Gasteiger partial charge in [0.15, 0.2) is 0 Å². The molecule has 1 saturated heterocycles. The number of alkyl carbamates (subject to hydrolysis) is 1. The Hall–Kier alpha value is -4.55. The predicted octanol–water partition coefficient (Wildman–Crippen LogP) is 4.30. The van der Waals surface area contributed by atoms with Crippen LogP contribution in [-0.2, 0) is 29.3 Å². The number of nitrogens with one attached hydrogen (secondary N) is 3. The molecule has 0 spiro atoms. The van der Waals surface area contributed by atoms with Gasteiger partial charge in [-0.25, -0.2) is 14.5 Å². The lowest BCUT2D eigenvalue weighted by Gasteiger charge is -2.30. The SMILES string of the molecule is CC(C)n1c(O[C@@H]2C[C@H]3C(=O)N[C@]4(C(=O)NS(=O)(=O)N(C)C)C[C@H]4/C=C\CCCCC[C@H](NC(=O)OC(C)(C)C)C(=O)N3C2)nc2c(-c3nccs3)cccc21. The Bertz CT molecular complexity index is 2090. The van der Waals surface area contributed by atoms with Crippen molar-refractivity contribution in [3.8, 4) is 16.6 Å². The lowest BCUT2D eigenvalue weighted by atomic mass is 10.0. The highest BCUT2D eigenvalue weighted by Crippen LogP contribution is 2.46. The smallest absolute Gasteiger partial charge is 0.408 e. The van der Waals surface area contributed by atoms with Gasteiger partial charge in [0, 0.05) is 49.6 Å². The second kappa shape index (κ2) is 16.1. The van der Waals surface area contributed by atoms with E-state index in [4.69, 9.17) is 14.5 Å². The first-order valence-corrected chi connectivity index (χ1v) is 21.3. The summed E-state index contributed by atoms with van der Waals surface area (Å²) in [6.07, 6.45) is 7.36. The number of nitrogens with zero attached hydrogens (tertiary/aromatic N) is 5. The fraction of sp³-hybridized carbons (Fsp3) is 0.579. The van der Waals surface area contributed by atoms with E-state index in [9.17, 15) is 27.6 Å². The lowest BCUT2D eigenvalue weighted by Crippen LogP contribution is -2.58. The summed E-state index contributed by atoms with van der Waals surface area (Å²) in [5.74, 6) is -2.48. The molecule has 304 valence electrons. The van der Waals surface area contributed by atoms with Crippen LogP contribution >= 0.6 is 11.3 Å². The molecular formula is C38H52N8O8S2. The third kappa shape index (κ3) is 8.86. The molecule has 16 nitrogen and oxygen atoms in total. The van der Waals surface area contributed by atoms with E-state index in [-0.39, 0.29) is 25.4 Å². The van der Waals surface area contributed by atoms with E-state index in [0.29, 0.717) is 30.8 Å². The van der Waals surface area contributed by atoms with E-state index in [1.54, 1.807) is 27.0 Å². The molecule has 6 rings (SSSR count). The molecule has 4 amide bonds. The summed E-state index contributed by atoms with van der Waals surface area (Å²) in [5.41, 5.74) is 0.00340. The van der Waals surface area contributed by atoms with Gasteiger partial charge in [0.1, 0.15) is 39.9 Å². The van der Waals surface area contributed by atoms with Crippen LogP contribution in [0, 0.1) is 5.92 Å². The van der Waals surface area contributed by atoms with Gasteiger partial charge in [-0.2, -0.15) is 17.7 Å². The molecule has 0 radical (unpaired) electrons. The van der Waals surface area contributed by atoms with Gasteiger partial charge in [-0.05, 0) is 72.4 Å². The number of aromatic nitrogens is 3. The number of allylic oxidation sites excluding steroid dienone is 1. The zero-order valence-corrected chi connectivity index (χ0v) is 34.5. The van der Waals surface area contributed by atoms with E-state index in [1.807, 2.05) is 54.1 Å². The fourth-order valence-corrected chi connectivity index (χ4v) is 8.53. The maximum absolute atomic E-state index is 14.6. The number of carbonyl (C=O) groups excluding carboxylic acids is 4. The largest absolute Gasteiger partial charge is 0.459 e. The average Bonchev–Trinajstić information content (AvgIpc) is 3.51. The highest BCUT2D eigenvalue weighted by atomic mass is 32.2. The number of benzene rings is 1. The number of imidazole rings is 1. The van der Waals surface area contributed by atoms with Crippen molar-refractivity contribution in [3.63, 3.8) is 0 Å². The molecule has 4 heterocycles. The molecule has 56 heavy (non-hydrogen) atoms. The van der Waals surface area contributed by atoms with Crippen molar-refractivity contribution in [1.82, 2.24) is 39.1 Å². The minimum atomic E-state index is -4.17. The van der Waals surface area contributed by atoms with Crippen molar-refractivity contribution < 1.29 is 37.1 Å². The number of hydrogen-bond donors (Lipinski definition) is 3. The summed E-state index contributed by atoms with van der Waals surface area (Å²) in [5, 5.41) is 8.32. The van der Waals surface area contributed by atoms with Crippen molar-refractivity contribution in [2.45, 2.75) is 115 Å². The van der Waals surface area contributed by atoms with Crippen LogP contribution in [0.4, 0.5) is 4.79 Å². The minimum absolute atomic E-state index is 0.0262. The van der Waals surface area contributed by atoms with E-state index in [1.165, 1.54) is 30.3 Å². The van der Waals surface area contributed by atoms with E-state index in [0.717, 1.165) is 33.2 Å². The summed E-state index contributed by atoms with van der Waals surface area (Å²) in [7, 11) is -1.58. The molecule has 1 aliphatic carbocycles. The van der Waals surface area contributed by atoms with Gasteiger partial charge >= 0.3 is 16.3 Å². The molecule has 1 saturated carbocycles. The number of para-hydroxylation sites is 1. The minimum Gasteiger partial charge on any atom is -0.459 e. The topological polar surface area (TPSA) is 194 Å². The van der Waals surface area contributed by atoms with Crippen molar-refractivity contribution in [1.29, 1.82) is 0 Å². The molecule has 1 aromatic carbocycles. The van der Waals surface area contributed by atoms with Crippen molar-refractivity contribution >= 4 is 56.4 Å². The molecule has 3 aliphatic rings. The third-order valence-corrected chi connectivity index (χ3v) is 12.4. The molecule has 18 heteroatoms. The summed E-state index contributed by atoms with van der Waals surface area (Å²) in [6, 6.07) is 3.92. The van der Waals surface area contributed by atoms with Gasteiger partial charge in [0.2, 0.25) is 11.8 Å². The second-order valence-electron chi connectivity index (χ2n) is 16.1. The first kappa shape index (κ1) is 41.1. The highest BCUT2D eigenvalue weighted by molar-refractivity contribution is 7.87. The van der Waals surface area contributed by atoms with Crippen LogP contribution < -0.4 is 20.1 Å². The zero-order valence-electron chi connectivity index (χ0n) is 32.9. The molecular weight excluding hydrogens is 761 g/mol. The molecule has 2 fully saturated rings. The molecule has 3 aromatic rings. The standard InChI is InChI=1S/C38H52N8O8S2/c1-23(2)46-28-17-13-15-26(32-39-18-19-55-32)30(28)41-35(46)53-25-20-29-31(47)42-38(34(49)43-56(51,52)44(6)7)21-24(38)14-11-9-8-10-12-16-27(33(48)45(29)22-25)40-36(50)54-37(3,4)5/h11,13-15,17-19,23-25,27,29H,8-10,12,16,20-22H2,1-7H3,(H,40,50)(H,42,47)(H,43,49)/b14-11-/t24-,25-,27+,29+,38-/m1/s1. The van der Waals surface area contributed by atoms with Gasteiger partial charge in [-0.3, -0.25) is 19.0 Å². The number of fused-ring (bicyclic) bond motifs is 3. The normalized spacial score (nSPS) is 25.5. The van der Waals surface area contributed by atoms with Crippen LogP contribution in [-0.4, -0.2) is 106 Å². The van der Waals surface area contributed by atoms with Crippen LogP contribution in [0.15, 0.2) is 41.9 Å². The lowest BCUT2D eigenvalue weighted by molar-refractivity contribution is -0.141. The maximum Gasteiger partial charge on any atom is 0.408 e. The van der Waals surface area contributed by atoms with Crippen molar-refractivity contribution in [2.24, 2.45) is 5.92 Å². The van der Waals surface area contributed by atoms with Crippen molar-refractivity contribution in [2.75, 3.05) is 20.6 Å². The first-order valence-electron chi connectivity index (χ1n) is 19.0. The van der Waals surface area contributed by atoms with Gasteiger partial charge in [0.25, 0.3) is 11.9 Å². The van der Waals surface area contributed by atoms with E-state index in [2.05, 4.69) is 20.3 Å². The Balaban J connectivity index is 1.35. The van der Waals surface area contributed by atoms with Crippen LogP contribution in [0.3, 0.4) is 0 Å². The van der Waals surface area contributed by atoms with Crippen LogP contribution in [0.1, 0.15) is 85.6 Å². The van der Waals surface area contributed by atoms with Gasteiger partial charge < -0.3 is 25.0 Å². The average molecular weight is 813 g/mol. The summed E-state index contributed by atoms with van der Waals surface area (Å²) in [6.45, 7) is 9.18. The first-order chi connectivity index (χ1) is 26.4. The zero-order chi connectivity index (χ0) is 40.6. The van der Waals surface area contributed by atoms with Gasteiger partial charge in [-0.15, -0.1) is 11.3 Å². The quantitative estimate of drug-likeness (QED) is 0.276. The number of carbonyl (C=O) groups is 4. The van der Waals surface area contributed by atoms with Crippen molar-refractivity contribution in [3.05, 3.63) is 41.9 Å². The Kier molecular flexibility index (Phi) is 11.8. The van der Waals surface area contributed by atoms with E-state index >= 15 is 0 Å². The highest BCUT2D eigenvalue weighted by Gasteiger charge is 2.62. The molecule has 5 atom stereocenters. The number of thiazole rings is 1. The third-order valence-electron chi connectivity index (χ3n) is 10.2. The Morgan fingerprint density at radius 3 is 2.59 bits per heavy atom. The summed E-state index contributed by atoms with van der Waals surface area (Å²) >= 11 is 1.49. The van der Waals surface area contributed by atoms with Crippen LogP contribution in [0.25, 0.3) is 21.6 Å². The van der Waals surface area contributed by atoms with Crippen LogP contribution in [0.2, 0.25) is 0 Å². The molecule has 2 aromatic heterocycles.